The molecule has 1 heterocycles. The zero-order valence-corrected chi connectivity index (χ0v) is 15.5. The molecule has 3 aromatic rings. The number of aromatic nitrogens is 3. The van der Waals surface area contributed by atoms with Crippen LogP contribution in [0, 0.1) is 19.7 Å². The van der Waals surface area contributed by atoms with Gasteiger partial charge in [-0.05, 0) is 57.2 Å². The van der Waals surface area contributed by atoms with Gasteiger partial charge in [0.1, 0.15) is 11.6 Å². The molecule has 3 rings (SSSR count). The fourth-order valence-corrected chi connectivity index (χ4v) is 3.31. The van der Waals surface area contributed by atoms with E-state index in [4.69, 9.17) is 0 Å². The number of halogens is 1. The van der Waals surface area contributed by atoms with Gasteiger partial charge in [-0.25, -0.2) is 4.39 Å². The standard InChI is InChI=1S/C19H19FN4OS/c1-12-4-10-17(11-5-12)24-14(3)22-23-19(24)26-13(2)18(25)21-16-8-6-15(20)7-9-16/h4-11,13H,1-3H3,(H,21,25)/t13-/m0/s1. The number of hydrogen-bond donors (Lipinski definition) is 1. The molecule has 0 spiro atoms. The number of benzene rings is 2. The number of aryl methyl sites for hydroxylation is 2. The van der Waals surface area contributed by atoms with Crippen LogP contribution in [0.25, 0.3) is 5.69 Å². The smallest absolute Gasteiger partial charge is 0.237 e. The van der Waals surface area contributed by atoms with Gasteiger partial charge in [0, 0.05) is 11.4 Å². The van der Waals surface area contributed by atoms with Crippen LogP contribution in [-0.2, 0) is 4.79 Å². The molecule has 7 heteroatoms. The van der Waals surface area contributed by atoms with Gasteiger partial charge < -0.3 is 5.32 Å². The number of nitrogens with one attached hydrogen (secondary N) is 1. The van der Waals surface area contributed by atoms with E-state index in [-0.39, 0.29) is 11.7 Å². The Balaban J connectivity index is 1.75. The fourth-order valence-electron chi connectivity index (χ4n) is 2.40. The average Bonchev–Trinajstić information content (AvgIpc) is 2.98. The Bertz CT molecular complexity index is 906. The number of rotatable bonds is 5. The summed E-state index contributed by atoms with van der Waals surface area (Å²) < 4.78 is 14.9. The highest BCUT2D eigenvalue weighted by atomic mass is 32.2. The maximum absolute atomic E-state index is 13.0. The van der Waals surface area contributed by atoms with E-state index in [1.54, 1.807) is 6.92 Å². The monoisotopic (exact) mass is 370 g/mol. The summed E-state index contributed by atoms with van der Waals surface area (Å²) >= 11 is 1.32. The first-order valence-corrected chi connectivity index (χ1v) is 9.04. The molecule has 0 saturated carbocycles. The first kappa shape index (κ1) is 18.1. The van der Waals surface area contributed by atoms with Crippen LogP contribution in [0.4, 0.5) is 10.1 Å². The van der Waals surface area contributed by atoms with E-state index >= 15 is 0 Å². The van der Waals surface area contributed by atoms with Crippen LogP contribution in [-0.4, -0.2) is 25.9 Å². The van der Waals surface area contributed by atoms with Gasteiger partial charge >= 0.3 is 0 Å². The van der Waals surface area contributed by atoms with E-state index < -0.39 is 5.25 Å². The van der Waals surface area contributed by atoms with Crippen molar-refractivity contribution in [2.45, 2.75) is 31.2 Å². The highest BCUT2D eigenvalue weighted by Crippen LogP contribution is 2.26. The summed E-state index contributed by atoms with van der Waals surface area (Å²) in [7, 11) is 0. The number of carbonyl (C=O) groups excluding carboxylic acids is 1. The van der Waals surface area contributed by atoms with Crippen LogP contribution in [0.15, 0.2) is 53.7 Å². The van der Waals surface area contributed by atoms with Crippen LogP contribution in [0.1, 0.15) is 18.3 Å². The van der Waals surface area contributed by atoms with E-state index in [2.05, 4.69) is 15.5 Å². The third-order valence-electron chi connectivity index (χ3n) is 3.85. The molecule has 0 aliphatic heterocycles. The number of anilines is 1. The van der Waals surface area contributed by atoms with Crippen molar-refractivity contribution in [1.29, 1.82) is 0 Å². The van der Waals surface area contributed by atoms with Crippen molar-refractivity contribution in [2.75, 3.05) is 5.32 Å². The summed E-state index contributed by atoms with van der Waals surface area (Å²) in [4.78, 5) is 12.4. The Kier molecular flexibility index (Phi) is 5.37. The molecular formula is C19H19FN4OS. The Morgan fingerprint density at radius 1 is 1.08 bits per heavy atom. The predicted octanol–water partition coefficient (Wildman–Crippen LogP) is 4.14. The molecule has 1 aromatic heterocycles. The minimum atomic E-state index is -0.396. The molecule has 134 valence electrons. The zero-order chi connectivity index (χ0) is 18.7. The van der Waals surface area contributed by atoms with Gasteiger partial charge in [0.15, 0.2) is 5.16 Å². The summed E-state index contributed by atoms with van der Waals surface area (Å²) in [5, 5.41) is 11.4. The van der Waals surface area contributed by atoms with E-state index in [9.17, 15) is 9.18 Å². The minimum Gasteiger partial charge on any atom is -0.325 e. The maximum Gasteiger partial charge on any atom is 0.237 e. The lowest BCUT2D eigenvalue weighted by Gasteiger charge is -2.13. The SMILES string of the molecule is Cc1ccc(-n2c(C)nnc2S[C@@H](C)C(=O)Nc2ccc(F)cc2)cc1. The van der Waals surface area contributed by atoms with E-state index in [1.807, 2.05) is 42.7 Å². The van der Waals surface area contributed by atoms with Gasteiger partial charge in [-0.15, -0.1) is 10.2 Å². The molecular weight excluding hydrogens is 351 g/mol. The van der Waals surface area contributed by atoms with Crippen molar-refractivity contribution >= 4 is 23.4 Å². The van der Waals surface area contributed by atoms with E-state index in [0.717, 1.165) is 11.5 Å². The molecule has 0 unspecified atom stereocenters. The molecule has 0 bridgehead atoms. The lowest BCUT2D eigenvalue weighted by Crippen LogP contribution is -2.22. The van der Waals surface area contributed by atoms with Crippen LogP contribution >= 0.6 is 11.8 Å². The van der Waals surface area contributed by atoms with Crippen LogP contribution in [0.2, 0.25) is 0 Å². The van der Waals surface area contributed by atoms with Crippen molar-refractivity contribution in [3.05, 3.63) is 65.7 Å². The van der Waals surface area contributed by atoms with Gasteiger partial charge in [0.2, 0.25) is 5.91 Å². The zero-order valence-electron chi connectivity index (χ0n) is 14.7. The van der Waals surface area contributed by atoms with Gasteiger partial charge in [0.05, 0.1) is 5.25 Å². The van der Waals surface area contributed by atoms with Crippen molar-refractivity contribution < 1.29 is 9.18 Å². The lowest BCUT2D eigenvalue weighted by molar-refractivity contribution is -0.115. The van der Waals surface area contributed by atoms with Crippen LogP contribution in [0.5, 0.6) is 0 Å². The van der Waals surface area contributed by atoms with Crippen molar-refractivity contribution in [1.82, 2.24) is 14.8 Å². The minimum absolute atomic E-state index is 0.183. The van der Waals surface area contributed by atoms with Crippen molar-refractivity contribution in [3.8, 4) is 5.69 Å². The highest BCUT2D eigenvalue weighted by molar-refractivity contribution is 8.00. The second-order valence-electron chi connectivity index (χ2n) is 5.96. The van der Waals surface area contributed by atoms with E-state index in [1.165, 1.54) is 41.6 Å². The number of amides is 1. The summed E-state index contributed by atoms with van der Waals surface area (Å²) in [6.45, 7) is 5.70. The predicted molar refractivity (Wildman–Crippen MR) is 101 cm³/mol. The van der Waals surface area contributed by atoms with Crippen LogP contribution < -0.4 is 5.32 Å². The maximum atomic E-state index is 13.0. The first-order valence-electron chi connectivity index (χ1n) is 8.16. The lowest BCUT2D eigenvalue weighted by atomic mass is 10.2. The number of carbonyl (C=O) groups is 1. The molecule has 5 nitrogen and oxygen atoms in total. The van der Waals surface area contributed by atoms with Gasteiger partial charge in [-0.2, -0.15) is 0 Å². The number of hydrogen-bond acceptors (Lipinski definition) is 4. The summed E-state index contributed by atoms with van der Waals surface area (Å²) in [6, 6.07) is 13.7. The molecule has 0 radical (unpaired) electrons. The summed E-state index contributed by atoms with van der Waals surface area (Å²) in [5.74, 6) is 0.229. The molecule has 1 atom stereocenters. The van der Waals surface area contributed by atoms with Gasteiger partial charge in [-0.3, -0.25) is 9.36 Å². The second kappa shape index (κ2) is 7.70. The molecule has 1 amide bonds. The Morgan fingerprint density at radius 2 is 1.73 bits per heavy atom. The Labute approximate surface area is 155 Å². The molecule has 0 fully saturated rings. The fraction of sp³-hybridized carbons (Fsp3) is 0.211. The Morgan fingerprint density at radius 3 is 2.38 bits per heavy atom. The normalized spacial score (nSPS) is 12.0. The van der Waals surface area contributed by atoms with Crippen molar-refractivity contribution in [2.24, 2.45) is 0 Å². The first-order chi connectivity index (χ1) is 12.4. The van der Waals surface area contributed by atoms with Gasteiger partial charge in [0.25, 0.3) is 0 Å². The third kappa shape index (κ3) is 4.11. The van der Waals surface area contributed by atoms with E-state index in [0.29, 0.717) is 10.8 Å². The quantitative estimate of drug-likeness (QED) is 0.686. The molecule has 2 aromatic carbocycles. The summed E-state index contributed by atoms with van der Waals surface area (Å²) in [5.41, 5.74) is 2.67. The molecule has 26 heavy (non-hydrogen) atoms. The molecule has 1 N–H and O–H groups in total. The summed E-state index contributed by atoms with van der Waals surface area (Å²) in [6.07, 6.45) is 0. The van der Waals surface area contributed by atoms with Crippen molar-refractivity contribution in [3.63, 3.8) is 0 Å². The molecule has 0 aliphatic carbocycles. The average molecular weight is 370 g/mol. The van der Waals surface area contributed by atoms with Crippen LogP contribution in [0.3, 0.4) is 0 Å². The van der Waals surface area contributed by atoms with Gasteiger partial charge in [-0.1, -0.05) is 29.5 Å². The third-order valence-corrected chi connectivity index (χ3v) is 4.89. The Hall–Kier alpha value is -2.67. The topological polar surface area (TPSA) is 59.8 Å². The highest BCUT2D eigenvalue weighted by Gasteiger charge is 2.20. The molecule has 0 aliphatic rings. The number of nitrogens with zero attached hydrogens (tertiary/aromatic N) is 3. The second-order valence-corrected chi connectivity index (χ2v) is 7.26. The largest absolute Gasteiger partial charge is 0.325 e. The number of thioether (sulfide) groups is 1. The molecule has 0 saturated heterocycles.